The van der Waals surface area contributed by atoms with Crippen molar-refractivity contribution in [1.82, 2.24) is 10.2 Å². The van der Waals surface area contributed by atoms with Crippen LogP contribution in [-0.2, 0) is 20.9 Å². The molecular formula is C31H49ClN3O4+. The number of amides is 2. The summed E-state index contributed by atoms with van der Waals surface area (Å²) in [7, 11) is 2.08. The van der Waals surface area contributed by atoms with Crippen LogP contribution in [0, 0.1) is 5.92 Å². The Balaban J connectivity index is 0.00000353. The molecule has 3 heterocycles. The van der Waals surface area contributed by atoms with Crippen LogP contribution < -0.4 is 10.1 Å². The zero-order valence-electron chi connectivity index (χ0n) is 24.0. The molecule has 4 aliphatic rings. The number of unbranched alkanes of at least 4 members (excludes halogenated alkanes) is 1. The van der Waals surface area contributed by atoms with Gasteiger partial charge in [0.2, 0.25) is 0 Å². The van der Waals surface area contributed by atoms with Gasteiger partial charge in [0.1, 0.15) is 17.9 Å². The van der Waals surface area contributed by atoms with Crippen molar-refractivity contribution in [2.75, 3.05) is 39.9 Å². The highest BCUT2D eigenvalue weighted by atomic mass is 35.5. The van der Waals surface area contributed by atoms with Gasteiger partial charge >= 0.3 is 5.91 Å². The molecule has 1 unspecified atom stereocenters. The van der Waals surface area contributed by atoms with Crippen molar-refractivity contribution >= 4 is 24.2 Å². The largest absolute Gasteiger partial charge is 0.490 e. The van der Waals surface area contributed by atoms with Gasteiger partial charge in [0, 0.05) is 45.3 Å². The van der Waals surface area contributed by atoms with Gasteiger partial charge < -0.3 is 14.8 Å². The summed E-state index contributed by atoms with van der Waals surface area (Å²) >= 11 is 0. The smallest absolute Gasteiger partial charge is 0.337 e. The first kappa shape index (κ1) is 30.3. The Kier molecular flexibility index (Phi) is 10.4. The van der Waals surface area contributed by atoms with E-state index in [4.69, 9.17) is 9.47 Å². The summed E-state index contributed by atoms with van der Waals surface area (Å²) in [5.41, 5.74) is 0.611. The highest BCUT2D eigenvalue weighted by Gasteiger charge is 2.64. The average molecular weight is 563 g/mol. The van der Waals surface area contributed by atoms with E-state index in [1.165, 1.54) is 24.8 Å². The van der Waals surface area contributed by atoms with Gasteiger partial charge in [-0.25, -0.2) is 9.28 Å². The number of likely N-dealkylation sites (N-methyl/N-ethyl adjacent to an activating group) is 1. The normalized spacial score (nSPS) is 28.6. The first-order valence-electron chi connectivity index (χ1n) is 15.2. The second-order valence-corrected chi connectivity index (χ2v) is 12.3. The van der Waals surface area contributed by atoms with E-state index in [2.05, 4.69) is 48.5 Å². The lowest BCUT2D eigenvalue weighted by atomic mass is 9.75. The Morgan fingerprint density at radius 1 is 1.03 bits per heavy atom. The summed E-state index contributed by atoms with van der Waals surface area (Å²) in [5, 5.41) is 3.29. The van der Waals surface area contributed by atoms with E-state index in [1.807, 2.05) is 0 Å². The fourth-order valence-electron chi connectivity index (χ4n) is 7.38. The van der Waals surface area contributed by atoms with Gasteiger partial charge in [0.05, 0.1) is 26.8 Å². The molecule has 39 heavy (non-hydrogen) atoms. The molecule has 1 aromatic carbocycles. The number of likely N-dealkylation sites (tertiary alicyclic amines) is 1. The number of halogens is 1. The highest BCUT2D eigenvalue weighted by Crippen LogP contribution is 2.41. The number of rotatable bonds is 8. The van der Waals surface area contributed by atoms with Crippen LogP contribution in [0.15, 0.2) is 24.3 Å². The highest BCUT2D eigenvalue weighted by molar-refractivity contribution is 5.95. The van der Waals surface area contributed by atoms with Gasteiger partial charge in [-0.05, 0) is 42.9 Å². The van der Waals surface area contributed by atoms with Crippen LogP contribution >= 0.6 is 12.4 Å². The summed E-state index contributed by atoms with van der Waals surface area (Å²) in [6, 6.07) is 8.16. The van der Waals surface area contributed by atoms with E-state index in [1.54, 1.807) is 0 Å². The maximum Gasteiger partial charge on any atom is 0.337 e. The molecule has 2 amide bonds. The number of nitrogens with zero attached hydrogens (tertiary/aromatic N) is 2. The second kappa shape index (κ2) is 13.3. The van der Waals surface area contributed by atoms with Gasteiger partial charge in [0.25, 0.3) is 5.91 Å². The molecule has 1 spiro atoms. The molecule has 3 aliphatic heterocycles. The number of quaternary nitrogens is 1. The Hall–Kier alpha value is -1.67. The first-order chi connectivity index (χ1) is 18.4. The van der Waals surface area contributed by atoms with Crippen LogP contribution in [0.3, 0.4) is 0 Å². The van der Waals surface area contributed by atoms with Gasteiger partial charge in [-0.15, -0.1) is 12.4 Å². The number of benzene rings is 1. The van der Waals surface area contributed by atoms with Crippen molar-refractivity contribution in [2.24, 2.45) is 5.92 Å². The third-order valence-corrected chi connectivity index (χ3v) is 9.97. The lowest BCUT2D eigenvalue weighted by Crippen LogP contribution is -2.81. The first-order valence-corrected chi connectivity index (χ1v) is 15.2. The van der Waals surface area contributed by atoms with E-state index in [0.29, 0.717) is 10.4 Å². The average Bonchev–Trinajstić information content (AvgIpc) is 2.96. The molecule has 0 radical (unpaired) electrons. The molecule has 8 heteroatoms. The number of hydrogen-bond donors (Lipinski definition) is 1. The third-order valence-electron chi connectivity index (χ3n) is 9.97. The molecule has 0 bridgehead atoms. The molecule has 2 atom stereocenters. The van der Waals surface area contributed by atoms with Crippen molar-refractivity contribution in [3.8, 4) is 5.75 Å². The van der Waals surface area contributed by atoms with E-state index in [0.717, 1.165) is 96.5 Å². The van der Waals surface area contributed by atoms with Gasteiger partial charge in [-0.2, -0.15) is 0 Å². The lowest BCUT2D eigenvalue weighted by Gasteiger charge is -2.55. The number of hydrogen-bond acceptors (Lipinski definition) is 5. The predicted molar refractivity (Wildman–Crippen MR) is 155 cm³/mol. The van der Waals surface area contributed by atoms with Gasteiger partial charge in [-0.3, -0.25) is 9.69 Å². The Morgan fingerprint density at radius 3 is 2.33 bits per heavy atom. The Bertz CT molecular complexity index is 953. The summed E-state index contributed by atoms with van der Waals surface area (Å²) in [6.07, 6.45) is 11.3. The number of ether oxygens (including phenoxy) is 2. The SMILES string of the molecule is CCCC[N+]1(C)C(=O)[C@H](C2CCCCC2)NC(=O)C12CCN(Cc1ccc(OC3CCOCC3)cc1)CC2.Cl. The molecule has 3 saturated heterocycles. The minimum Gasteiger partial charge on any atom is -0.490 e. The standard InChI is InChI=1S/C31H47N3O4.ClH/c1-3-4-20-34(2)29(35)28(25-8-6-5-7-9-25)32-30(36)31(34)16-18-33(19-17-31)23-24-10-12-26(13-11-24)38-27-14-21-37-22-15-27;/h10-13,25,27-28H,3-9,14-23H2,1-2H3;1H/p+1/t28-,34?;/m0./s1. The van der Waals surface area contributed by atoms with Crippen molar-refractivity contribution in [1.29, 1.82) is 0 Å². The lowest BCUT2D eigenvalue weighted by molar-refractivity contribution is -0.883. The quantitative estimate of drug-likeness (QED) is 0.459. The van der Waals surface area contributed by atoms with E-state index < -0.39 is 5.54 Å². The fraction of sp³-hybridized carbons (Fsp3) is 0.742. The molecule has 1 aromatic rings. The van der Waals surface area contributed by atoms with Gasteiger partial charge in [-0.1, -0.05) is 44.7 Å². The predicted octanol–water partition coefficient (Wildman–Crippen LogP) is 4.85. The zero-order valence-corrected chi connectivity index (χ0v) is 24.8. The maximum atomic E-state index is 14.1. The van der Waals surface area contributed by atoms with E-state index in [-0.39, 0.29) is 36.4 Å². The Labute approximate surface area is 241 Å². The molecule has 4 fully saturated rings. The van der Waals surface area contributed by atoms with Crippen LogP contribution in [0.1, 0.15) is 83.1 Å². The fourth-order valence-corrected chi connectivity index (χ4v) is 7.38. The van der Waals surface area contributed by atoms with Crippen LogP contribution in [0.5, 0.6) is 5.75 Å². The maximum absolute atomic E-state index is 14.1. The molecule has 0 aromatic heterocycles. The number of nitrogens with one attached hydrogen (secondary N) is 1. The van der Waals surface area contributed by atoms with Gasteiger partial charge in [0.15, 0.2) is 5.54 Å². The number of carbonyl (C=O) groups is 2. The van der Waals surface area contributed by atoms with Crippen molar-refractivity contribution in [3.63, 3.8) is 0 Å². The summed E-state index contributed by atoms with van der Waals surface area (Å²) in [5.74, 6) is 1.61. The monoisotopic (exact) mass is 562 g/mol. The zero-order chi connectivity index (χ0) is 26.6. The molecular weight excluding hydrogens is 514 g/mol. The third kappa shape index (κ3) is 6.32. The van der Waals surface area contributed by atoms with Crippen molar-refractivity contribution in [2.45, 2.75) is 102 Å². The molecule has 1 saturated carbocycles. The number of carbonyl (C=O) groups excluding carboxylic acids is 2. The minimum absolute atomic E-state index is 0. The number of piperidine rings is 1. The van der Waals surface area contributed by atoms with Crippen molar-refractivity contribution in [3.05, 3.63) is 29.8 Å². The van der Waals surface area contributed by atoms with E-state index >= 15 is 0 Å². The van der Waals surface area contributed by atoms with Crippen LogP contribution in [0.4, 0.5) is 0 Å². The molecule has 1 N–H and O–H groups in total. The van der Waals surface area contributed by atoms with Crippen molar-refractivity contribution < 1.29 is 23.5 Å². The minimum atomic E-state index is -0.644. The summed E-state index contributed by atoms with van der Waals surface area (Å²) in [6.45, 7) is 7.01. The molecule has 1 aliphatic carbocycles. The summed E-state index contributed by atoms with van der Waals surface area (Å²) in [4.78, 5) is 30.5. The topological polar surface area (TPSA) is 67.9 Å². The molecule has 5 rings (SSSR count). The summed E-state index contributed by atoms with van der Waals surface area (Å²) < 4.78 is 11.9. The van der Waals surface area contributed by atoms with E-state index in [9.17, 15) is 9.59 Å². The van der Waals surface area contributed by atoms with Crippen LogP contribution in [0.2, 0.25) is 0 Å². The Morgan fingerprint density at radius 2 is 1.69 bits per heavy atom. The number of piperazine rings is 1. The second-order valence-electron chi connectivity index (χ2n) is 12.3. The van der Waals surface area contributed by atoms with Crippen LogP contribution in [-0.4, -0.2) is 78.8 Å². The van der Waals surface area contributed by atoms with Crippen LogP contribution in [0.25, 0.3) is 0 Å². The molecule has 218 valence electrons. The molecule has 7 nitrogen and oxygen atoms in total.